The Morgan fingerprint density at radius 3 is 2.54 bits per heavy atom. The maximum Gasteiger partial charge on any atom is 0.191 e. The summed E-state index contributed by atoms with van der Waals surface area (Å²) >= 11 is 1.69. The predicted octanol–water partition coefficient (Wildman–Crippen LogP) is 3.96. The summed E-state index contributed by atoms with van der Waals surface area (Å²) in [6, 6.07) is 8.40. The molecule has 0 aliphatic carbocycles. The topological polar surface area (TPSA) is 58.5 Å². The Morgan fingerprint density at radius 1 is 1.23 bits per heavy atom. The Morgan fingerprint density at radius 2 is 1.96 bits per heavy atom. The number of aryl methyl sites for hydroxylation is 1. The summed E-state index contributed by atoms with van der Waals surface area (Å²) in [6.07, 6.45) is 0.890. The summed E-state index contributed by atoms with van der Waals surface area (Å²) < 4.78 is 5.74. The Kier molecular flexibility index (Phi) is 7.91. The van der Waals surface area contributed by atoms with Crippen LogP contribution in [0.1, 0.15) is 43.1 Å². The fourth-order valence-electron chi connectivity index (χ4n) is 2.43. The molecule has 1 heterocycles. The third kappa shape index (κ3) is 6.67. The van der Waals surface area contributed by atoms with E-state index >= 15 is 0 Å². The minimum Gasteiger partial charge on any atom is -0.493 e. The molecule has 0 saturated carbocycles. The molecule has 2 aromatic rings. The van der Waals surface area contributed by atoms with Gasteiger partial charge < -0.3 is 15.4 Å². The first-order valence-corrected chi connectivity index (χ1v) is 9.97. The lowest BCUT2D eigenvalue weighted by Gasteiger charge is -2.18. The second-order valence-electron chi connectivity index (χ2n) is 6.75. The molecule has 0 spiro atoms. The standard InChI is InChI=1S/C20H30N4OS/c1-14(2)12-25-19-8-6-17(7-9-19)15(3)23-20(21-5)22-11-10-18-13-26-16(4)24-18/h6-9,13-15H,10-12H2,1-5H3,(H2,21,22,23). The van der Waals surface area contributed by atoms with E-state index in [0.29, 0.717) is 5.92 Å². The van der Waals surface area contributed by atoms with Crippen molar-refractivity contribution in [2.45, 2.75) is 40.2 Å². The number of nitrogens with one attached hydrogen (secondary N) is 2. The minimum absolute atomic E-state index is 0.155. The zero-order valence-electron chi connectivity index (χ0n) is 16.4. The van der Waals surface area contributed by atoms with Gasteiger partial charge in [-0.3, -0.25) is 4.99 Å². The smallest absolute Gasteiger partial charge is 0.191 e. The van der Waals surface area contributed by atoms with E-state index in [0.717, 1.165) is 42.0 Å². The summed E-state index contributed by atoms with van der Waals surface area (Å²) in [6.45, 7) is 9.99. The number of nitrogens with zero attached hydrogens (tertiary/aromatic N) is 2. The number of aliphatic imine (C=N–C) groups is 1. The molecule has 1 atom stereocenters. The van der Waals surface area contributed by atoms with Crippen LogP contribution in [-0.2, 0) is 6.42 Å². The Bertz CT molecular complexity index is 694. The van der Waals surface area contributed by atoms with Gasteiger partial charge >= 0.3 is 0 Å². The maximum atomic E-state index is 5.74. The van der Waals surface area contributed by atoms with Gasteiger partial charge in [0, 0.05) is 25.4 Å². The lowest BCUT2D eigenvalue weighted by atomic mass is 10.1. The Balaban J connectivity index is 1.81. The van der Waals surface area contributed by atoms with Crippen LogP contribution >= 0.6 is 11.3 Å². The van der Waals surface area contributed by atoms with Crippen molar-refractivity contribution >= 4 is 17.3 Å². The average molecular weight is 375 g/mol. The van der Waals surface area contributed by atoms with Gasteiger partial charge in [0.25, 0.3) is 0 Å². The van der Waals surface area contributed by atoms with E-state index in [9.17, 15) is 0 Å². The van der Waals surface area contributed by atoms with Crippen LogP contribution in [-0.4, -0.2) is 31.1 Å². The number of hydrogen-bond acceptors (Lipinski definition) is 4. The van der Waals surface area contributed by atoms with Crippen LogP contribution in [0.2, 0.25) is 0 Å². The third-order valence-electron chi connectivity index (χ3n) is 3.88. The average Bonchev–Trinajstić information content (AvgIpc) is 3.04. The van der Waals surface area contributed by atoms with Crippen molar-refractivity contribution in [1.29, 1.82) is 0 Å². The molecule has 0 saturated heterocycles. The van der Waals surface area contributed by atoms with Crippen LogP contribution in [0, 0.1) is 12.8 Å². The number of benzene rings is 1. The third-order valence-corrected chi connectivity index (χ3v) is 4.70. The molecule has 0 radical (unpaired) electrons. The highest BCUT2D eigenvalue weighted by Crippen LogP contribution is 2.18. The van der Waals surface area contributed by atoms with Crippen LogP contribution in [0.3, 0.4) is 0 Å². The number of thiazole rings is 1. The van der Waals surface area contributed by atoms with E-state index in [-0.39, 0.29) is 6.04 Å². The molecule has 1 aromatic heterocycles. The van der Waals surface area contributed by atoms with Crippen LogP contribution in [0.5, 0.6) is 5.75 Å². The highest BCUT2D eigenvalue weighted by atomic mass is 32.1. The zero-order chi connectivity index (χ0) is 18.9. The molecule has 0 bridgehead atoms. The first kappa shape index (κ1) is 20.2. The first-order valence-electron chi connectivity index (χ1n) is 9.09. The van der Waals surface area contributed by atoms with Crippen molar-refractivity contribution in [3.8, 4) is 5.75 Å². The maximum absolute atomic E-state index is 5.74. The highest BCUT2D eigenvalue weighted by Gasteiger charge is 2.08. The minimum atomic E-state index is 0.155. The van der Waals surface area contributed by atoms with Crippen molar-refractivity contribution < 1.29 is 4.74 Å². The van der Waals surface area contributed by atoms with Gasteiger partial charge in [0.1, 0.15) is 5.75 Å². The molecular formula is C20H30N4OS. The normalized spacial score (nSPS) is 12.9. The molecule has 142 valence electrons. The van der Waals surface area contributed by atoms with Gasteiger partial charge in [-0.1, -0.05) is 26.0 Å². The Hall–Kier alpha value is -2.08. The Labute approximate surface area is 160 Å². The van der Waals surface area contributed by atoms with Crippen molar-refractivity contribution in [3.63, 3.8) is 0 Å². The SMILES string of the molecule is CN=C(NCCc1csc(C)n1)NC(C)c1ccc(OCC(C)C)cc1. The van der Waals surface area contributed by atoms with Crippen molar-refractivity contribution in [1.82, 2.24) is 15.6 Å². The zero-order valence-corrected chi connectivity index (χ0v) is 17.2. The van der Waals surface area contributed by atoms with Gasteiger partial charge in [0.15, 0.2) is 5.96 Å². The molecule has 2 rings (SSSR count). The number of ether oxygens (including phenoxy) is 1. The van der Waals surface area contributed by atoms with E-state index in [1.165, 1.54) is 5.56 Å². The van der Waals surface area contributed by atoms with Crippen LogP contribution in [0.4, 0.5) is 0 Å². The summed E-state index contributed by atoms with van der Waals surface area (Å²) in [5.74, 6) is 2.23. The molecule has 2 N–H and O–H groups in total. The lowest BCUT2D eigenvalue weighted by Crippen LogP contribution is -2.39. The summed E-state index contributed by atoms with van der Waals surface area (Å²) in [5, 5.41) is 9.99. The van der Waals surface area contributed by atoms with Gasteiger partial charge in [-0.15, -0.1) is 11.3 Å². The second-order valence-corrected chi connectivity index (χ2v) is 7.81. The second kappa shape index (κ2) is 10.2. The van der Waals surface area contributed by atoms with Crippen LogP contribution in [0.25, 0.3) is 0 Å². The van der Waals surface area contributed by atoms with Gasteiger partial charge in [-0.05, 0) is 37.5 Å². The molecule has 5 nitrogen and oxygen atoms in total. The van der Waals surface area contributed by atoms with Crippen LogP contribution < -0.4 is 15.4 Å². The molecule has 0 aliphatic rings. The first-order chi connectivity index (χ1) is 12.5. The summed E-state index contributed by atoms with van der Waals surface area (Å²) in [7, 11) is 1.79. The fraction of sp³-hybridized carbons (Fsp3) is 0.500. The van der Waals surface area contributed by atoms with Gasteiger partial charge in [0.05, 0.1) is 23.4 Å². The molecule has 1 aromatic carbocycles. The van der Waals surface area contributed by atoms with E-state index in [1.54, 1.807) is 18.4 Å². The fourth-order valence-corrected chi connectivity index (χ4v) is 3.08. The highest BCUT2D eigenvalue weighted by molar-refractivity contribution is 7.09. The summed E-state index contributed by atoms with van der Waals surface area (Å²) in [5.41, 5.74) is 2.32. The number of hydrogen-bond donors (Lipinski definition) is 2. The summed E-state index contributed by atoms with van der Waals surface area (Å²) in [4.78, 5) is 8.79. The molecule has 0 amide bonds. The number of guanidine groups is 1. The molecule has 0 fully saturated rings. The van der Waals surface area contributed by atoms with Crippen LogP contribution in [0.15, 0.2) is 34.6 Å². The lowest BCUT2D eigenvalue weighted by molar-refractivity contribution is 0.271. The van der Waals surface area contributed by atoms with Crippen molar-refractivity contribution in [2.24, 2.45) is 10.9 Å². The monoisotopic (exact) mass is 374 g/mol. The quantitative estimate of drug-likeness (QED) is 0.542. The number of rotatable bonds is 8. The molecular weight excluding hydrogens is 344 g/mol. The van der Waals surface area contributed by atoms with E-state index in [4.69, 9.17) is 4.74 Å². The predicted molar refractivity (Wildman–Crippen MR) is 110 cm³/mol. The molecule has 26 heavy (non-hydrogen) atoms. The van der Waals surface area contributed by atoms with E-state index in [1.807, 2.05) is 19.1 Å². The van der Waals surface area contributed by atoms with Crippen molar-refractivity contribution in [2.75, 3.05) is 20.2 Å². The largest absolute Gasteiger partial charge is 0.493 e. The molecule has 0 aliphatic heterocycles. The molecule has 6 heteroatoms. The van der Waals surface area contributed by atoms with Gasteiger partial charge in [-0.25, -0.2) is 4.98 Å². The van der Waals surface area contributed by atoms with E-state index < -0.39 is 0 Å². The van der Waals surface area contributed by atoms with E-state index in [2.05, 4.69) is 58.9 Å². The number of aromatic nitrogens is 1. The van der Waals surface area contributed by atoms with Crippen molar-refractivity contribution in [3.05, 3.63) is 45.9 Å². The van der Waals surface area contributed by atoms with Gasteiger partial charge in [-0.2, -0.15) is 0 Å². The van der Waals surface area contributed by atoms with Gasteiger partial charge in [0.2, 0.25) is 0 Å². The molecule has 1 unspecified atom stereocenters.